The molecule has 4 rings (SSSR count). The highest BCUT2D eigenvalue weighted by Crippen LogP contribution is 2.30. The van der Waals surface area contributed by atoms with E-state index in [-0.39, 0.29) is 16.6 Å². The van der Waals surface area contributed by atoms with Crippen molar-refractivity contribution in [2.75, 3.05) is 36.4 Å². The van der Waals surface area contributed by atoms with Gasteiger partial charge in [0.05, 0.1) is 15.6 Å². The minimum atomic E-state index is -0.578. The molecule has 1 heterocycles. The molecule has 37 heavy (non-hydrogen) atoms. The van der Waals surface area contributed by atoms with E-state index in [1.165, 1.54) is 24.3 Å². The van der Waals surface area contributed by atoms with Crippen LogP contribution in [0.1, 0.15) is 21.5 Å². The van der Waals surface area contributed by atoms with Gasteiger partial charge in [-0.3, -0.25) is 19.7 Å². The second-order valence-corrected chi connectivity index (χ2v) is 9.37. The molecule has 1 aliphatic rings. The van der Waals surface area contributed by atoms with E-state index < -0.39 is 10.8 Å². The molecular weight excluding hydrogens is 515 g/mol. The van der Waals surface area contributed by atoms with Gasteiger partial charge < -0.3 is 15.1 Å². The zero-order chi connectivity index (χ0) is 26.5. The van der Waals surface area contributed by atoms with Gasteiger partial charge in [0.25, 0.3) is 11.6 Å². The summed E-state index contributed by atoms with van der Waals surface area (Å²) in [5.41, 5.74) is 3.26. The Labute approximate surface area is 224 Å². The van der Waals surface area contributed by atoms with Gasteiger partial charge >= 0.3 is 0 Å². The Morgan fingerprint density at radius 2 is 1.70 bits per heavy atom. The average Bonchev–Trinajstić information content (AvgIpc) is 2.88. The summed E-state index contributed by atoms with van der Waals surface area (Å²) in [7, 11) is 0. The van der Waals surface area contributed by atoms with Crippen LogP contribution in [0.3, 0.4) is 0 Å². The lowest BCUT2D eigenvalue weighted by atomic mass is 10.1. The predicted octanol–water partition coefficient (Wildman–Crippen LogP) is 5.82. The number of hydrogen-bond donors (Lipinski definition) is 1. The summed E-state index contributed by atoms with van der Waals surface area (Å²) in [4.78, 5) is 39.7. The number of halogens is 2. The first-order valence-corrected chi connectivity index (χ1v) is 12.3. The molecule has 10 heteroatoms. The third-order valence-corrected chi connectivity index (χ3v) is 6.71. The van der Waals surface area contributed by atoms with Crippen LogP contribution in [-0.2, 0) is 4.79 Å². The maximum Gasteiger partial charge on any atom is 0.288 e. The maximum atomic E-state index is 12.9. The molecule has 0 bridgehead atoms. The molecule has 190 valence electrons. The Hall–Kier alpha value is -3.88. The number of nitro groups is 1. The van der Waals surface area contributed by atoms with Gasteiger partial charge in [-0.1, -0.05) is 47.5 Å². The predicted molar refractivity (Wildman–Crippen MR) is 147 cm³/mol. The summed E-state index contributed by atoms with van der Waals surface area (Å²) >= 11 is 12.3. The SMILES string of the molecule is Cc1ccccc1C(=O)N1CCN(c2ccc(NC(=O)C=Cc3ccc(Cl)c([N+](=O)[O-])c3)cc2Cl)CC1. The third kappa shape index (κ3) is 6.28. The van der Waals surface area contributed by atoms with Crippen LogP contribution in [0.15, 0.2) is 66.7 Å². The fraction of sp³-hybridized carbons (Fsp3) is 0.185. The number of nitro benzene ring substituents is 1. The van der Waals surface area contributed by atoms with Gasteiger partial charge in [-0.25, -0.2) is 0 Å². The van der Waals surface area contributed by atoms with Gasteiger partial charge in [0, 0.05) is 49.6 Å². The van der Waals surface area contributed by atoms with E-state index in [0.29, 0.717) is 42.5 Å². The van der Waals surface area contributed by atoms with E-state index in [1.807, 2.05) is 42.2 Å². The van der Waals surface area contributed by atoms with Crippen molar-refractivity contribution in [1.82, 2.24) is 4.90 Å². The molecule has 1 saturated heterocycles. The Morgan fingerprint density at radius 1 is 0.973 bits per heavy atom. The monoisotopic (exact) mass is 538 g/mol. The van der Waals surface area contributed by atoms with Gasteiger partial charge in [0.1, 0.15) is 5.02 Å². The minimum Gasteiger partial charge on any atom is -0.367 e. The number of carbonyl (C=O) groups is 2. The number of anilines is 2. The van der Waals surface area contributed by atoms with Gasteiger partial charge in [-0.2, -0.15) is 0 Å². The Bertz CT molecular complexity index is 1380. The largest absolute Gasteiger partial charge is 0.367 e. The lowest BCUT2D eigenvalue weighted by molar-refractivity contribution is -0.384. The molecule has 0 saturated carbocycles. The number of piperazine rings is 1. The summed E-state index contributed by atoms with van der Waals surface area (Å²) in [6.45, 7) is 4.37. The lowest BCUT2D eigenvalue weighted by Gasteiger charge is -2.36. The fourth-order valence-corrected chi connectivity index (χ4v) is 4.59. The minimum absolute atomic E-state index is 0.0284. The standard InChI is InChI=1S/C27H24Cl2N4O4/c1-18-4-2-3-5-21(18)27(35)32-14-12-31(13-15-32)24-10-8-20(17-23(24)29)30-26(34)11-7-19-6-9-22(28)25(16-19)33(36)37/h2-11,16-17H,12-15H2,1H3,(H,30,34). The number of rotatable bonds is 6. The van der Waals surface area contributed by atoms with E-state index in [2.05, 4.69) is 10.2 Å². The van der Waals surface area contributed by atoms with Crippen LogP contribution in [-0.4, -0.2) is 47.8 Å². The van der Waals surface area contributed by atoms with Crippen LogP contribution in [0.5, 0.6) is 0 Å². The van der Waals surface area contributed by atoms with Crippen LogP contribution in [0.2, 0.25) is 10.0 Å². The number of hydrogen-bond acceptors (Lipinski definition) is 5. The highest BCUT2D eigenvalue weighted by molar-refractivity contribution is 6.33. The van der Waals surface area contributed by atoms with Crippen molar-refractivity contribution in [3.63, 3.8) is 0 Å². The van der Waals surface area contributed by atoms with Crippen molar-refractivity contribution in [2.24, 2.45) is 0 Å². The van der Waals surface area contributed by atoms with Crippen molar-refractivity contribution in [3.8, 4) is 0 Å². The number of nitrogens with one attached hydrogen (secondary N) is 1. The first kappa shape index (κ1) is 26.2. The molecule has 0 aliphatic carbocycles. The topological polar surface area (TPSA) is 95.8 Å². The number of carbonyl (C=O) groups excluding carboxylic acids is 2. The summed E-state index contributed by atoms with van der Waals surface area (Å²) < 4.78 is 0. The normalized spacial score (nSPS) is 13.6. The second kappa shape index (κ2) is 11.5. The van der Waals surface area contributed by atoms with Crippen molar-refractivity contribution in [2.45, 2.75) is 6.92 Å². The highest BCUT2D eigenvalue weighted by atomic mass is 35.5. The first-order valence-electron chi connectivity index (χ1n) is 11.6. The smallest absolute Gasteiger partial charge is 0.288 e. The number of amides is 2. The van der Waals surface area contributed by atoms with Crippen molar-refractivity contribution in [1.29, 1.82) is 0 Å². The average molecular weight is 539 g/mol. The van der Waals surface area contributed by atoms with E-state index in [0.717, 1.165) is 16.8 Å². The van der Waals surface area contributed by atoms with Gasteiger partial charge in [-0.15, -0.1) is 0 Å². The number of aryl methyl sites for hydroxylation is 1. The highest BCUT2D eigenvalue weighted by Gasteiger charge is 2.24. The summed E-state index contributed by atoms with van der Waals surface area (Å²) in [6, 6.07) is 17.1. The van der Waals surface area contributed by atoms with Crippen molar-refractivity contribution >= 4 is 58.2 Å². The second-order valence-electron chi connectivity index (χ2n) is 8.55. The molecule has 0 atom stereocenters. The Morgan fingerprint density at radius 3 is 2.38 bits per heavy atom. The molecule has 0 spiro atoms. The van der Waals surface area contributed by atoms with E-state index in [1.54, 1.807) is 18.2 Å². The molecule has 0 aromatic heterocycles. The molecule has 0 unspecified atom stereocenters. The molecule has 2 amide bonds. The summed E-state index contributed by atoms with van der Waals surface area (Å²) in [5.74, 6) is -0.382. The number of nitrogens with zero attached hydrogens (tertiary/aromatic N) is 3. The van der Waals surface area contributed by atoms with Gasteiger partial charge in [-0.05, 0) is 54.5 Å². The Balaban J connectivity index is 1.35. The van der Waals surface area contributed by atoms with Gasteiger partial charge in [0.15, 0.2) is 0 Å². The summed E-state index contributed by atoms with van der Waals surface area (Å²) in [6.07, 6.45) is 2.74. The van der Waals surface area contributed by atoms with E-state index in [4.69, 9.17) is 23.2 Å². The molecule has 3 aromatic carbocycles. The number of benzene rings is 3. The molecule has 1 aliphatic heterocycles. The van der Waals surface area contributed by atoms with Crippen molar-refractivity contribution in [3.05, 3.63) is 104 Å². The van der Waals surface area contributed by atoms with Crippen molar-refractivity contribution < 1.29 is 14.5 Å². The van der Waals surface area contributed by atoms with Crippen LogP contribution in [0.25, 0.3) is 6.08 Å². The maximum absolute atomic E-state index is 12.9. The summed E-state index contributed by atoms with van der Waals surface area (Å²) in [5, 5.41) is 14.3. The molecule has 3 aromatic rings. The first-order chi connectivity index (χ1) is 17.7. The fourth-order valence-electron chi connectivity index (χ4n) is 4.10. The van der Waals surface area contributed by atoms with Crippen LogP contribution >= 0.6 is 23.2 Å². The van der Waals surface area contributed by atoms with Crippen LogP contribution in [0, 0.1) is 17.0 Å². The van der Waals surface area contributed by atoms with E-state index >= 15 is 0 Å². The molecular formula is C27H24Cl2N4O4. The molecule has 0 radical (unpaired) electrons. The Kier molecular flexibility index (Phi) is 8.11. The zero-order valence-electron chi connectivity index (χ0n) is 20.0. The quantitative estimate of drug-likeness (QED) is 0.242. The molecule has 1 fully saturated rings. The zero-order valence-corrected chi connectivity index (χ0v) is 21.5. The van der Waals surface area contributed by atoms with Crippen LogP contribution < -0.4 is 10.2 Å². The van der Waals surface area contributed by atoms with E-state index in [9.17, 15) is 19.7 Å². The molecule has 1 N–H and O–H groups in total. The lowest BCUT2D eigenvalue weighted by Crippen LogP contribution is -2.49. The van der Waals surface area contributed by atoms with Gasteiger partial charge in [0.2, 0.25) is 5.91 Å². The molecule has 8 nitrogen and oxygen atoms in total. The van der Waals surface area contributed by atoms with Crippen LogP contribution in [0.4, 0.5) is 17.1 Å². The third-order valence-electron chi connectivity index (χ3n) is 6.09.